The lowest BCUT2D eigenvalue weighted by atomic mass is 10.00. The number of fused-ring (bicyclic) bond motifs is 1. The van der Waals surface area contributed by atoms with Crippen LogP contribution in [0.15, 0.2) is 54.6 Å². The number of hydrogen-bond acceptors (Lipinski definition) is 3. The van der Waals surface area contributed by atoms with Crippen LogP contribution in [0.5, 0.6) is 0 Å². The summed E-state index contributed by atoms with van der Waals surface area (Å²) >= 11 is 0. The Morgan fingerprint density at radius 3 is 2.41 bits per heavy atom. The summed E-state index contributed by atoms with van der Waals surface area (Å²) in [4.78, 5) is 27.4. The van der Waals surface area contributed by atoms with Crippen LogP contribution in [0, 0.1) is 5.92 Å². The molecule has 3 rings (SSSR count). The molecular formula is C22H26N2O3. The molecule has 0 aromatic heterocycles. The van der Waals surface area contributed by atoms with Gasteiger partial charge in [-0.05, 0) is 29.5 Å². The molecule has 0 aliphatic carbocycles. The SMILES string of the molecule is CC(C)[C@H](C(=O)N[C@H](CO)Cc1ccccc1)N1Cc2ccccc2C1=O. The Hall–Kier alpha value is -2.66. The van der Waals surface area contributed by atoms with Crippen molar-refractivity contribution in [1.82, 2.24) is 10.2 Å². The van der Waals surface area contributed by atoms with Crippen molar-refractivity contribution in [2.24, 2.45) is 5.92 Å². The van der Waals surface area contributed by atoms with E-state index < -0.39 is 6.04 Å². The van der Waals surface area contributed by atoms with Crippen molar-refractivity contribution in [1.29, 1.82) is 0 Å². The minimum Gasteiger partial charge on any atom is -0.394 e. The first-order chi connectivity index (χ1) is 13.0. The first kappa shape index (κ1) is 19.1. The maximum absolute atomic E-state index is 13.0. The highest BCUT2D eigenvalue weighted by molar-refractivity contribution is 6.01. The van der Waals surface area contributed by atoms with E-state index in [9.17, 15) is 14.7 Å². The number of hydrogen-bond donors (Lipinski definition) is 2. The number of amides is 2. The van der Waals surface area contributed by atoms with Gasteiger partial charge in [0.25, 0.3) is 5.91 Å². The molecule has 0 unspecified atom stereocenters. The first-order valence-corrected chi connectivity index (χ1v) is 9.35. The second-order valence-corrected chi connectivity index (χ2v) is 7.36. The second-order valence-electron chi connectivity index (χ2n) is 7.36. The molecule has 27 heavy (non-hydrogen) atoms. The second kappa shape index (κ2) is 8.35. The van der Waals surface area contributed by atoms with E-state index in [1.165, 1.54) is 0 Å². The van der Waals surface area contributed by atoms with E-state index in [1.807, 2.05) is 62.4 Å². The molecule has 5 heteroatoms. The number of carbonyl (C=O) groups excluding carboxylic acids is 2. The summed E-state index contributed by atoms with van der Waals surface area (Å²) < 4.78 is 0. The zero-order chi connectivity index (χ0) is 19.4. The predicted molar refractivity (Wildman–Crippen MR) is 104 cm³/mol. The van der Waals surface area contributed by atoms with Crippen molar-refractivity contribution >= 4 is 11.8 Å². The van der Waals surface area contributed by atoms with Crippen molar-refractivity contribution in [3.05, 3.63) is 71.3 Å². The molecule has 0 bridgehead atoms. The van der Waals surface area contributed by atoms with E-state index in [2.05, 4.69) is 5.32 Å². The van der Waals surface area contributed by atoms with Gasteiger partial charge in [-0.3, -0.25) is 9.59 Å². The summed E-state index contributed by atoms with van der Waals surface area (Å²) in [6.07, 6.45) is 0.544. The van der Waals surface area contributed by atoms with Crippen molar-refractivity contribution in [3.63, 3.8) is 0 Å². The summed E-state index contributed by atoms with van der Waals surface area (Å²) in [6.45, 7) is 4.16. The van der Waals surface area contributed by atoms with Gasteiger partial charge in [0, 0.05) is 12.1 Å². The van der Waals surface area contributed by atoms with Gasteiger partial charge in [-0.2, -0.15) is 0 Å². The van der Waals surface area contributed by atoms with Crippen LogP contribution in [0.4, 0.5) is 0 Å². The zero-order valence-electron chi connectivity index (χ0n) is 15.8. The molecule has 2 N–H and O–H groups in total. The van der Waals surface area contributed by atoms with Crippen LogP contribution in [-0.4, -0.2) is 40.5 Å². The maximum Gasteiger partial charge on any atom is 0.255 e. The Bertz CT molecular complexity index is 804. The molecule has 2 atom stereocenters. The fourth-order valence-electron chi connectivity index (χ4n) is 3.65. The van der Waals surface area contributed by atoms with Gasteiger partial charge in [-0.25, -0.2) is 0 Å². The molecule has 0 fully saturated rings. The fraction of sp³-hybridized carbons (Fsp3) is 0.364. The van der Waals surface area contributed by atoms with Gasteiger partial charge in [-0.15, -0.1) is 0 Å². The van der Waals surface area contributed by atoms with E-state index in [0.717, 1.165) is 11.1 Å². The highest BCUT2D eigenvalue weighted by Gasteiger charge is 2.38. The quantitative estimate of drug-likeness (QED) is 0.790. The first-order valence-electron chi connectivity index (χ1n) is 9.35. The van der Waals surface area contributed by atoms with Gasteiger partial charge in [0.2, 0.25) is 5.91 Å². The Morgan fingerprint density at radius 1 is 1.11 bits per heavy atom. The molecule has 2 aromatic carbocycles. The van der Waals surface area contributed by atoms with Gasteiger partial charge >= 0.3 is 0 Å². The molecular weight excluding hydrogens is 340 g/mol. The van der Waals surface area contributed by atoms with Crippen LogP contribution in [0.1, 0.15) is 35.3 Å². The highest BCUT2D eigenvalue weighted by atomic mass is 16.3. The molecule has 142 valence electrons. The van der Waals surface area contributed by atoms with E-state index in [1.54, 1.807) is 11.0 Å². The topological polar surface area (TPSA) is 69.6 Å². The fourth-order valence-corrected chi connectivity index (χ4v) is 3.65. The summed E-state index contributed by atoms with van der Waals surface area (Å²) in [6, 6.07) is 16.2. The normalized spacial score (nSPS) is 15.6. The Morgan fingerprint density at radius 2 is 1.78 bits per heavy atom. The van der Waals surface area contributed by atoms with E-state index in [-0.39, 0.29) is 30.4 Å². The van der Waals surface area contributed by atoms with E-state index in [0.29, 0.717) is 18.5 Å². The van der Waals surface area contributed by atoms with Crippen molar-refractivity contribution in [2.75, 3.05) is 6.61 Å². The molecule has 1 heterocycles. The van der Waals surface area contributed by atoms with Gasteiger partial charge < -0.3 is 15.3 Å². The lowest BCUT2D eigenvalue weighted by molar-refractivity contribution is -0.128. The third-order valence-corrected chi connectivity index (χ3v) is 4.98. The molecule has 0 spiro atoms. The van der Waals surface area contributed by atoms with Crippen molar-refractivity contribution in [2.45, 2.75) is 38.9 Å². The van der Waals surface area contributed by atoms with Gasteiger partial charge in [0.15, 0.2) is 0 Å². The number of nitrogens with one attached hydrogen (secondary N) is 1. The average molecular weight is 366 g/mol. The maximum atomic E-state index is 13.0. The summed E-state index contributed by atoms with van der Waals surface area (Å²) in [7, 11) is 0. The third kappa shape index (κ3) is 4.19. The molecule has 5 nitrogen and oxygen atoms in total. The summed E-state index contributed by atoms with van der Waals surface area (Å²) in [5.41, 5.74) is 2.66. The lowest BCUT2D eigenvalue weighted by Gasteiger charge is -2.31. The van der Waals surface area contributed by atoms with Crippen LogP contribution in [0.3, 0.4) is 0 Å². The van der Waals surface area contributed by atoms with Crippen LogP contribution in [0.25, 0.3) is 0 Å². The summed E-state index contributed by atoms with van der Waals surface area (Å²) in [5, 5.41) is 12.7. The van der Waals surface area contributed by atoms with Gasteiger partial charge in [-0.1, -0.05) is 62.4 Å². The monoisotopic (exact) mass is 366 g/mol. The van der Waals surface area contributed by atoms with E-state index >= 15 is 0 Å². The number of aliphatic hydroxyl groups excluding tert-OH is 1. The summed E-state index contributed by atoms with van der Waals surface area (Å²) in [5.74, 6) is -0.372. The predicted octanol–water partition coefficient (Wildman–Crippen LogP) is 2.39. The van der Waals surface area contributed by atoms with E-state index in [4.69, 9.17) is 0 Å². The number of carbonyl (C=O) groups is 2. The minimum absolute atomic E-state index is 0.0423. The standard InChI is InChI=1S/C22H26N2O3/c1-15(2)20(24-13-17-10-6-7-11-19(17)22(24)27)21(26)23-18(14-25)12-16-8-4-3-5-9-16/h3-11,15,18,20,25H,12-14H2,1-2H3,(H,23,26)/t18-,20+/m0/s1. The molecule has 1 aliphatic heterocycles. The molecule has 2 amide bonds. The van der Waals surface area contributed by atoms with Crippen LogP contribution < -0.4 is 5.32 Å². The molecule has 0 saturated heterocycles. The molecule has 1 aliphatic rings. The van der Waals surface area contributed by atoms with Crippen molar-refractivity contribution in [3.8, 4) is 0 Å². The van der Waals surface area contributed by atoms with Crippen LogP contribution >= 0.6 is 0 Å². The Balaban J connectivity index is 1.73. The zero-order valence-corrected chi connectivity index (χ0v) is 15.8. The molecule has 2 aromatic rings. The smallest absolute Gasteiger partial charge is 0.255 e. The van der Waals surface area contributed by atoms with Gasteiger partial charge in [0.1, 0.15) is 6.04 Å². The number of rotatable bonds is 7. The largest absolute Gasteiger partial charge is 0.394 e. The Labute approximate surface area is 160 Å². The van der Waals surface area contributed by atoms with Crippen LogP contribution in [0.2, 0.25) is 0 Å². The Kier molecular flexibility index (Phi) is 5.91. The van der Waals surface area contributed by atoms with Gasteiger partial charge in [0.05, 0.1) is 12.6 Å². The number of benzene rings is 2. The molecule has 0 saturated carbocycles. The third-order valence-electron chi connectivity index (χ3n) is 4.98. The molecule has 0 radical (unpaired) electrons. The highest BCUT2D eigenvalue weighted by Crippen LogP contribution is 2.27. The number of aliphatic hydroxyl groups is 1. The van der Waals surface area contributed by atoms with Crippen LogP contribution in [-0.2, 0) is 17.8 Å². The minimum atomic E-state index is -0.574. The number of nitrogens with zero attached hydrogens (tertiary/aromatic N) is 1. The lowest BCUT2D eigenvalue weighted by Crippen LogP contribution is -2.53. The average Bonchev–Trinajstić information content (AvgIpc) is 2.98. The van der Waals surface area contributed by atoms with Crippen molar-refractivity contribution < 1.29 is 14.7 Å².